The molecule has 0 fully saturated rings. The topological polar surface area (TPSA) is 75.7 Å². The molecular weight excluding hydrogens is 320 g/mol. The molecule has 0 saturated carbocycles. The first kappa shape index (κ1) is 19.9. The third-order valence-electron chi connectivity index (χ3n) is 3.27. The summed E-state index contributed by atoms with van der Waals surface area (Å²) in [6.45, 7) is 9.48. The number of nitrogens with zero attached hydrogens (tertiary/aromatic N) is 1. The van der Waals surface area contributed by atoms with Gasteiger partial charge in [0.05, 0.1) is 12.7 Å². The number of anilines is 1. The number of carbonyl (C=O) groups excluding carboxylic acids is 3. The molecular formula is C19H22N2O4. The standard InChI is InChI=1S/C19H22N2O4/c1-5-11-21(12-6-2)17(22)13-14(3)18(23)20-16-9-7-15(8-10-16)19(24)25-4/h5-10,13H,1-2,11-12H2,3-4H3,(H,20,23)/b14-13+. The van der Waals surface area contributed by atoms with Crippen LogP contribution in [-0.4, -0.2) is 42.9 Å². The zero-order valence-corrected chi connectivity index (χ0v) is 14.5. The van der Waals surface area contributed by atoms with Gasteiger partial charge in [0, 0.05) is 30.4 Å². The fourth-order valence-corrected chi connectivity index (χ4v) is 1.95. The van der Waals surface area contributed by atoms with Crippen molar-refractivity contribution in [1.82, 2.24) is 4.90 Å². The van der Waals surface area contributed by atoms with Crippen molar-refractivity contribution in [2.24, 2.45) is 0 Å². The van der Waals surface area contributed by atoms with Crippen molar-refractivity contribution in [3.8, 4) is 0 Å². The number of nitrogens with one attached hydrogen (secondary N) is 1. The van der Waals surface area contributed by atoms with E-state index in [0.29, 0.717) is 24.3 Å². The van der Waals surface area contributed by atoms with Crippen molar-refractivity contribution in [3.05, 3.63) is 66.8 Å². The molecule has 1 rings (SSSR count). The minimum atomic E-state index is -0.455. The van der Waals surface area contributed by atoms with E-state index in [0.717, 1.165) is 0 Å². The van der Waals surface area contributed by atoms with Crippen LogP contribution in [0.25, 0.3) is 0 Å². The molecule has 0 aliphatic heterocycles. The number of esters is 1. The highest BCUT2D eigenvalue weighted by atomic mass is 16.5. The van der Waals surface area contributed by atoms with Crippen molar-refractivity contribution < 1.29 is 19.1 Å². The van der Waals surface area contributed by atoms with E-state index in [1.165, 1.54) is 18.1 Å². The van der Waals surface area contributed by atoms with Gasteiger partial charge in [0.25, 0.3) is 5.91 Å². The SMILES string of the molecule is C=CCN(CC=C)C(=O)/C=C(\C)C(=O)Nc1ccc(C(=O)OC)cc1. The Morgan fingerprint density at radius 1 is 1.12 bits per heavy atom. The van der Waals surface area contributed by atoms with Crippen molar-refractivity contribution in [2.45, 2.75) is 6.92 Å². The molecule has 0 spiro atoms. The Balaban J connectivity index is 2.78. The number of benzene rings is 1. The molecule has 0 aliphatic rings. The van der Waals surface area contributed by atoms with Crippen LogP contribution < -0.4 is 5.32 Å². The number of hydrogen-bond donors (Lipinski definition) is 1. The van der Waals surface area contributed by atoms with Crippen LogP contribution in [0.4, 0.5) is 5.69 Å². The number of amides is 2. The number of ether oxygens (including phenoxy) is 1. The molecule has 1 aromatic rings. The zero-order chi connectivity index (χ0) is 18.8. The van der Waals surface area contributed by atoms with Crippen LogP contribution in [-0.2, 0) is 14.3 Å². The van der Waals surface area contributed by atoms with Crippen LogP contribution in [0, 0.1) is 0 Å². The molecule has 0 aliphatic carbocycles. The second-order valence-corrected chi connectivity index (χ2v) is 5.17. The van der Waals surface area contributed by atoms with E-state index >= 15 is 0 Å². The lowest BCUT2D eigenvalue weighted by atomic mass is 10.2. The van der Waals surface area contributed by atoms with Gasteiger partial charge in [-0.1, -0.05) is 12.2 Å². The summed E-state index contributed by atoms with van der Waals surface area (Å²) < 4.78 is 4.61. The van der Waals surface area contributed by atoms with Crippen molar-refractivity contribution in [1.29, 1.82) is 0 Å². The van der Waals surface area contributed by atoms with Crippen LogP contribution >= 0.6 is 0 Å². The molecule has 0 unspecified atom stereocenters. The Labute approximate surface area is 147 Å². The lowest BCUT2D eigenvalue weighted by Gasteiger charge is -2.17. The smallest absolute Gasteiger partial charge is 0.337 e. The second kappa shape index (κ2) is 9.87. The van der Waals surface area contributed by atoms with Crippen LogP contribution in [0.3, 0.4) is 0 Å². The minimum absolute atomic E-state index is 0.264. The maximum absolute atomic E-state index is 12.2. The number of rotatable bonds is 8. The Morgan fingerprint density at radius 2 is 1.68 bits per heavy atom. The molecule has 0 heterocycles. The van der Waals surface area contributed by atoms with Crippen molar-refractivity contribution >= 4 is 23.5 Å². The molecule has 2 amide bonds. The first-order valence-corrected chi connectivity index (χ1v) is 7.61. The van der Waals surface area contributed by atoms with E-state index in [1.54, 1.807) is 43.3 Å². The van der Waals surface area contributed by atoms with E-state index in [9.17, 15) is 14.4 Å². The minimum Gasteiger partial charge on any atom is -0.465 e. The molecule has 0 radical (unpaired) electrons. The predicted molar refractivity (Wildman–Crippen MR) is 97.1 cm³/mol. The Morgan fingerprint density at radius 3 is 2.16 bits per heavy atom. The normalized spacial score (nSPS) is 10.6. The maximum atomic E-state index is 12.2. The molecule has 1 aromatic carbocycles. The number of hydrogen-bond acceptors (Lipinski definition) is 4. The summed E-state index contributed by atoms with van der Waals surface area (Å²) in [5, 5.41) is 2.66. The maximum Gasteiger partial charge on any atom is 0.337 e. The first-order chi connectivity index (χ1) is 11.9. The average molecular weight is 342 g/mol. The average Bonchev–Trinajstić information content (AvgIpc) is 2.61. The van der Waals surface area contributed by atoms with Gasteiger partial charge in [-0.25, -0.2) is 4.79 Å². The van der Waals surface area contributed by atoms with E-state index < -0.39 is 11.9 Å². The predicted octanol–water partition coefficient (Wildman–Crippen LogP) is 2.56. The zero-order valence-electron chi connectivity index (χ0n) is 14.5. The highest BCUT2D eigenvalue weighted by molar-refractivity contribution is 6.07. The molecule has 1 N–H and O–H groups in total. The first-order valence-electron chi connectivity index (χ1n) is 7.61. The highest BCUT2D eigenvalue weighted by Crippen LogP contribution is 2.12. The van der Waals surface area contributed by atoms with Crippen molar-refractivity contribution in [3.63, 3.8) is 0 Å². The number of methoxy groups -OCH3 is 1. The Kier molecular flexibility index (Phi) is 7.86. The highest BCUT2D eigenvalue weighted by Gasteiger charge is 2.12. The van der Waals surface area contributed by atoms with Gasteiger partial charge in [0.2, 0.25) is 5.91 Å². The molecule has 6 nitrogen and oxygen atoms in total. The summed E-state index contributed by atoms with van der Waals surface area (Å²) in [6.07, 6.45) is 4.48. The Bertz CT molecular complexity index is 680. The van der Waals surface area contributed by atoms with E-state index in [1.807, 2.05) is 0 Å². The summed E-state index contributed by atoms with van der Waals surface area (Å²) in [6, 6.07) is 6.26. The van der Waals surface area contributed by atoms with Gasteiger partial charge >= 0.3 is 5.97 Å². The monoisotopic (exact) mass is 342 g/mol. The summed E-state index contributed by atoms with van der Waals surface area (Å²) in [5.41, 5.74) is 1.15. The lowest BCUT2D eigenvalue weighted by molar-refractivity contribution is -0.125. The fraction of sp³-hybridized carbons (Fsp3) is 0.211. The van der Waals surface area contributed by atoms with Gasteiger partial charge in [-0.2, -0.15) is 0 Å². The van der Waals surface area contributed by atoms with Gasteiger partial charge in [-0.15, -0.1) is 13.2 Å². The molecule has 25 heavy (non-hydrogen) atoms. The summed E-state index contributed by atoms with van der Waals surface area (Å²) >= 11 is 0. The molecule has 0 atom stereocenters. The van der Waals surface area contributed by atoms with E-state index in [2.05, 4.69) is 23.2 Å². The van der Waals surface area contributed by atoms with Gasteiger partial charge in [0.15, 0.2) is 0 Å². The summed E-state index contributed by atoms with van der Waals surface area (Å²) in [7, 11) is 1.30. The van der Waals surface area contributed by atoms with Crippen LogP contribution in [0.2, 0.25) is 0 Å². The van der Waals surface area contributed by atoms with E-state index in [4.69, 9.17) is 0 Å². The largest absolute Gasteiger partial charge is 0.465 e. The van der Waals surface area contributed by atoms with Crippen LogP contribution in [0.5, 0.6) is 0 Å². The van der Waals surface area contributed by atoms with Gasteiger partial charge in [-0.05, 0) is 31.2 Å². The van der Waals surface area contributed by atoms with Gasteiger partial charge in [0.1, 0.15) is 0 Å². The van der Waals surface area contributed by atoms with Crippen LogP contribution in [0.1, 0.15) is 17.3 Å². The summed E-state index contributed by atoms with van der Waals surface area (Å²) in [5.74, 6) is -1.16. The molecule has 0 bridgehead atoms. The van der Waals surface area contributed by atoms with E-state index in [-0.39, 0.29) is 11.5 Å². The summed E-state index contributed by atoms with van der Waals surface area (Å²) in [4.78, 5) is 37.2. The second-order valence-electron chi connectivity index (χ2n) is 5.17. The molecule has 0 aromatic heterocycles. The Hall–Kier alpha value is -3.15. The van der Waals surface area contributed by atoms with Gasteiger partial charge in [-0.3, -0.25) is 9.59 Å². The van der Waals surface area contributed by atoms with Gasteiger partial charge < -0.3 is 15.0 Å². The third-order valence-corrected chi connectivity index (χ3v) is 3.27. The van der Waals surface area contributed by atoms with Crippen LogP contribution in [0.15, 0.2) is 61.2 Å². The van der Waals surface area contributed by atoms with Crippen molar-refractivity contribution in [2.75, 3.05) is 25.5 Å². The number of carbonyl (C=O) groups is 3. The lowest BCUT2D eigenvalue weighted by Crippen LogP contribution is -2.30. The molecule has 0 saturated heterocycles. The quantitative estimate of drug-likeness (QED) is 0.447. The third kappa shape index (κ3) is 6.10. The molecule has 6 heteroatoms. The molecule has 132 valence electrons. The fourth-order valence-electron chi connectivity index (χ4n) is 1.95.